The van der Waals surface area contributed by atoms with E-state index in [2.05, 4.69) is 41.9 Å². The van der Waals surface area contributed by atoms with E-state index >= 15 is 0 Å². The average molecular weight is 306 g/mol. The molecule has 1 heterocycles. The molecular weight excluding hydrogens is 286 g/mol. The van der Waals surface area contributed by atoms with Crippen molar-refractivity contribution >= 4 is 22.9 Å². The zero-order valence-corrected chi connectivity index (χ0v) is 13.3. The van der Waals surface area contributed by atoms with Gasteiger partial charge in [0, 0.05) is 10.9 Å². The lowest BCUT2D eigenvalue weighted by Crippen LogP contribution is -2.29. The standard InChI is InChI=1S/C17H20ClNS/c1-2-8-19-16(17-15(18)7-9-20-17)14-10-12-5-3-4-6-13(12)11-14/h3-7,9,14,16,19H,2,8,10-11H2,1H3. The Morgan fingerprint density at radius 3 is 2.50 bits per heavy atom. The van der Waals surface area contributed by atoms with E-state index in [1.807, 2.05) is 6.07 Å². The summed E-state index contributed by atoms with van der Waals surface area (Å²) in [5.41, 5.74) is 3.02. The van der Waals surface area contributed by atoms with Crippen LogP contribution in [0.25, 0.3) is 0 Å². The molecule has 3 rings (SSSR count). The number of rotatable bonds is 5. The lowest BCUT2D eigenvalue weighted by molar-refractivity contribution is 0.379. The van der Waals surface area contributed by atoms with Gasteiger partial charge in [-0.15, -0.1) is 11.3 Å². The van der Waals surface area contributed by atoms with Crippen molar-refractivity contribution < 1.29 is 0 Å². The van der Waals surface area contributed by atoms with Crippen LogP contribution >= 0.6 is 22.9 Å². The molecule has 1 N–H and O–H groups in total. The Balaban J connectivity index is 1.83. The van der Waals surface area contributed by atoms with Crippen molar-refractivity contribution in [1.29, 1.82) is 0 Å². The molecule has 0 spiro atoms. The summed E-state index contributed by atoms with van der Waals surface area (Å²) in [6.45, 7) is 3.26. The highest BCUT2D eigenvalue weighted by Gasteiger charge is 2.30. The van der Waals surface area contributed by atoms with Crippen molar-refractivity contribution in [1.82, 2.24) is 5.32 Å². The minimum absolute atomic E-state index is 0.384. The maximum absolute atomic E-state index is 6.37. The van der Waals surface area contributed by atoms with Crippen LogP contribution in [-0.2, 0) is 12.8 Å². The van der Waals surface area contributed by atoms with Crippen molar-refractivity contribution in [3.05, 3.63) is 56.7 Å². The predicted molar refractivity (Wildman–Crippen MR) is 87.7 cm³/mol. The highest BCUT2D eigenvalue weighted by atomic mass is 35.5. The molecule has 1 aliphatic carbocycles. The van der Waals surface area contributed by atoms with Gasteiger partial charge < -0.3 is 5.32 Å². The lowest BCUT2D eigenvalue weighted by Gasteiger charge is -2.24. The molecule has 106 valence electrons. The third-order valence-electron chi connectivity index (χ3n) is 4.10. The topological polar surface area (TPSA) is 12.0 Å². The monoisotopic (exact) mass is 305 g/mol. The maximum atomic E-state index is 6.37. The van der Waals surface area contributed by atoms with Crippen LogP contribution in [-0.4, -0.2) is 6.54 Å². The van der Waals surface area contributed by atoms with Crippen LogP contribution in [0.2, 0.25) is 5.02 Å². The molecule has 0 fully saturated rings. The summed E-state index contributed by atoms with van der Waals surface area (Å²) in [4.78, 5) is 1.30. The fourth-order valence-electron chi connectivity index (χ4n) is 3.13. The van der Waals surface area contributed by atoms with E-state index in [0.717, 1.165) is 30.8 Å². The molecule has 0 saturated carbocycles. The quantitative estimate of drug-likeness (QED) is 0.832. The third kappa shape index (κ3) is 2.78. The van der Waals surface area contributed by atoms with E-state index < -0.39 is 0 Å². The predicted octanol–water partition coefficient (Wildman–Crippen LogP) is 4.86. The first-order chi connectivity index (χ1) is 9.79. The van der Waals surface area contributed by atoms with E-state index in [4.69, 9.17) is 11.6 Å². The molecule has 1 aromatic heterocycles. The van der Waals surface area contributed by atoms with Crippen molar-refractivity contribution in [2.45, 2.75) is 32.2 Å². The zero-order chi connectivity index (χ0) is 13.9. The van der Waals surface area contributed by atoms with Gasteiger partial charge in [0.15, 0.2) is 0 Å². The van der Waals surface area contributed by atoms with Gasteiger partial charge in [-0.3, -0.25) is 0 Å². The van der Waals surface area contributed by atoms with Gasteiger partial charge in [-0.1, -0.05) is 42.8 Å². The normalized spacial score (nSPS) is 16.3. The van der Waals surface area contributed by atoms with Crippen LogP contribution < -0.4 is 5.32 Å². The molecule has 1 atom stereocenters. The smallest absolute Gasteiger partial charge is 0.0561 e. The number of benzene rings is 1. The summed E-state index contributed by atoms with van der Waals surface area (Å²) in [6.07, 6.45) is 3.47. The molecule has 3 heteroatoms. The number of halogens is 1. The molecule has 1 nitrogen and oxygen atoms in total. The SMILES string of the molecule is CCCNC(c1sccc1Cl)C1Cc2ccccc2C1. The first-order valence-electron chi connectivity index (χ1n) is 7.32. The van der Waals surface area contributed by atoms with Crippen molar-refractivity contribution in [2.75, 3.05) is 6.54 Å². The van der Waals surface area contributed by atoms with E-state index in [1.165, 1.54) is 16.0 Å². The number of hydrogen-bond acceptors (Lipinski definition) is 2. The summed E-state index contributed by atoms with van der Waals surface area (Å²) >= 11 is 8.15. The fraction of sp³-hybridized carbons (Fsp3) is 0.412. The molecule has 1 unspecified atom stereocenters. The van der Waals surface area contributed by atoms with Gasteiger partial charge in [0.2, 0.25) is 0 Å². The highest BCUT2D eigenvalue weighted by Crippen LogP contribution is 2.39. The van der Waals surface area contributed by atoms with Crippen molar-refractivity contribution in [2.24, 2.45) is 5.92 Å². The second-order valence-corrected chi connectivity index (χ2v) is 6.86. The Labute approximate surface area is 130 Å². The van der Waals surface area contributed by atoms with Gasteiger partial charge in [-0.25, -0.2) is 0 Å². The Hall–Kier alpha value is -0.830. The van der Waals surface area contributed by atoms with Crippen LogP contribution in [0.1, 0.15) is 35.4 Å². The summed E-state index contributed by atoms with van der Waals surface area (Å²) in [7, 11) is 0. The number of thiophene rings is 1. The van der Waals surface area contributed by atoms with Crippen LogP contribution in [0.15, 0.2) is 35.7 Å². The highest BCUT2D eigenvalue weighted by molar-refractivity contribution is 7.10. The average Bonchev–Trinajstić information content (AvgIpc) is 3.06. The maximum Gasteiger partial charge on any atom is 0.0561 e. The van der Waals surface area contributed by atoms with Crippen LogP contribution in [0, 0.1) is 5.92 Å². The summed E-state index contributed by atoms with van der Waals surface area (Å²) < 4.78 is 0. The van der Waals surface area contributed by atoms with E-state index in [-0.39, 0.29) is 0 Å². The Kier molecular flexibility index (Phi) is 4.45. The van der Waals surface area contributed by atoms with Crippen molar-refractivity contribution in [3.63, 3.8) is 0 Å². The zero-order valence-electron chi connectivity index (χ0n) is 11.7. The molecule has 0 aliphatic heterocycles. The van der Waals surface area contributed by atoms with Gasteiger partial charge >= 0.3 is 0 Å². The molecule has 1 aromatic carbocycles. The van der Waals surface area contributed by atoms with E-state index in [9.17, 15) is 0 Å². The second-order valence-electron chi connectivity index (χ2n) is 5.50. The summed E-state index contributed by atoms with van der Waals surface area (Å²) in [5, 5.41) is 6.73. The number of fused-ring (bicyclic) bond motifs is 1. The largest absolute Gasteiger partial charge is 0.309 e. The minimum Gasteiger partial charge on any atom is -0.309 e. The van der Waals surface area contributed by atoms with Gasteiger partial charge in [-0.05, 0) is 54.3 Å². The first kappa shape index (κ1) is 14.1. The molecule has 0 saturated heterocycles. The van der Waals surface area contributed by atoms with Gasteiger partial charge in [-0.2, -0.15) is 0 Å². The molecule has 0 bridgehead atoms. The van der Waals surface area contributed by atoms with Crippen LogP contribution in [0.5, 0.6) is 0 Å². The van der Waals surface area contributed by atoms with E-state index in [0.29, 0.717) is 12.0 Å². The second kappa shape index (κ2) is 6.30. The van der Waals surface area contributed by atoms with Crippen molar-refractivity contribution in [3.8, 4) is 0 Å². The van der Waals surface area contributed by atoms with Gasteiger partial charge in [0.05, 0.1) is 5.02 Å². The minimum atomic E-state index is 0.384. The number of nitrogens with one attached hydrogen (secondary N) is 1. The number of hydrogen-bond donors (Lipinski definition) is 1. The third-order valence-corrected chi connectivity index (χ3v) is 5.54. The molecule has 0 radical (unpaired) electrons. The van der Waals surface area contributed by atoms with Crippen LogP contribution in [0.3, 0.4) is 0 Å². The lowest BCUT2D eigenvalue weighted by atomic mass is 9.95. The molecule has 0 amide bonds. The Bertz CT molecular complexity index is 553. The molecular formula is C17H20ClNS. The first-order valence-corrected chi connectivity index (χ1v) is 8.58. The van der Waals surface area contributed by atoms with E-state index in [1.54, 1.807) is 11.3 Å². The van der Waals surface area contributed by atoms with Gasteiger partial charge in [0.1, 0.15) is 0 Å². The fourth-order valence-corrected chi connectivity index (χ4v) is 4.47. The Morgan fingerprint density at radius 1 is 1.25 bits per heavy atom. The molecule has 2 aromatic rings. The summed E-state index contributed by atoms with van der Waals surface area (Å²) in [5.74, 6) is 0.620. The van der Waals surface area contributed by atoms with Gasteiger partial charge in [0.25, 0.3) is 0 Å². The van der Waals surface area contributed by atoms with Crippen LogP contribution in [0.4, 0.5) is 0 Å². The molecule has 20 heavy (non-hydrogen) atoms. The Morgan fingerprint density at radius 2 is 1.95 bits per heavy atom. The summed E-state index contributed by atoms with van der Waals surface area (Å²) in [6, 6.07) is 11.2. The molecule has 1 aliphatic rings.